The van der Waals surface area contributed by atoms with Crippen molar-refractivity contribution in [1.82, 2.24) is 0 Å². The van der Waals surface area contributed by atoms with E-state index in [1.807, 2.05) is 0 Å². The van der Waals surface area contributed by atoms with Crippen LogP contribution in [0.2, 0.25) is 0 Å². The standard InChI is InChI=1S/C10H6Br2F7NO2S/c1-3-4(11)2-5(7(6(3)12)20(21)22)23-10(18,19)8(13,14)9(15,16)17/h2-3,6H,1H3. The highest BCUT2D eigenvalue weighted by Gasteiger charge is 2.74. The van der Waals surface area contributed by atoms with Crippen LogP contribution in [0.25, 0.3) is 0 Å². The SMILES string of the molecule is CC1C(Br)=CC(SC(F)(F)C(F)(F)C(F)(F)F)=C([N+](=O)[O-])C1Br. The van der Waals surface area contributed by atoms with Crippen LogP contribution in [0.1, 0.15) is 6.92 Å². The molecule has 0 spiro atoms. The molecule has 13 heteroatoms. The zero-order valence-electron chi connectivity index (χ0n) is 10.8. The van der Waals surface area contributed by atoms with E-state index in [1.54, 1.807) is 0 Å². The van der Waals surface area contributed by atoms with E-state index >= 15 is 0 Å². The van der Waals surface area contributed by atoms with Crippen molar-refractivity contribution in [3.05, 3.63) is 31.3 Å². The number of nitro groups is 1. The van der Waals surface area contributed by atoms with Gasteiger partial charge in [-0.2, -0.15) is 30.7 Å². The zero-order chi connectivity index (χ0) is 18.4. The fraction of sp³-hybridized carbons (Fsp3) is 0.600. The Morgan fingerprint density at radius 3 is 2.09 bits per heavy atom. The van der Waals surface area contributed by atoms with Crippen molar-refractivity contribution >= 4 is 43.6 Å². The fourth-order valence-electron chi connectivity index (χ4n) is 1.48. The van der Waals surface area contributed by atoms with Crippen LogP contribution >= 0.6 is 43.6 Å². The summed E-state index contributed by atoms with van der Waals surface area (Å²) in [5.41, 5.74) is -0.914. The van der Waals surface area contributed by atoms with E-state index in [0.717, 1.165) is 6.08 Å². The second-order valence-electron chi connectivity index (χ2n) is 4.42. The minimum atomic E-state index is -6.50. The Morgan fingerprint density at radius 2 is 1.70 bits per heavy atom. The maximum atomic E-state index is 13.4. The Kier molecular flexibility index (Phi) is 5.90. The molecule has 0 bridgehead atoms. The van der Waals surface area contributed by atoms with Crippen molar-refractivity contribution in [2.45, 2.75) is 29.1 Å². The Balaban J connectivity index is 3.36. The molecule has 0 fully saturated rings. The molecule has 3 nitrogen and oxygen atoms in total. The summed E-state index contributed by atoms with van der Waals surface area (Å²) in [7, 11) is 0. The third-order valence-corrected chi connectivity index (χ3v) is 6.05. The summed E-state index contributed by atoms with van der Waals surface area (Å²) in [5, 5.41) is 5.34. The Hall–Kier alpha value is -0.300. The lowest BCUT2D eigenvalue weighted by Gasteiger charge is -2.29. The Labute approximate surface area is 145 Å². The molecule has 0 amide bonds. The number of halogens is 9. The van der Waals surface area contributed by atoms with Crippen LogP contribution in [0.15, 0.2) is 21.2 Å². The van der Waals surface area contributed by atoms with Crippen LogP contribution in [0, 0.1) is 16.0 Å². The first-order chi connectivity index (χ1) is 10.1. The largest absolute Gasteiger partial charge is 0.460 e. The molecule has 0 radical (unpaired) electrons. The summed E-state index contributed by atoms with van der Waals surface area (Å²) in [6.07, 6.45) is -5.76. The van der Waals surface area contributed by atoms with Crippen LogP contribution in [0.5, 0.6) is 0 Å². The van der Waals surface area contributed by atoms with E-state index in [-0.39, 0.29) is 4.48 Å². The fourth-order valence-corrected chi connectivity index (χ4v) is 4.34. The third kappa shape index (κ3) is 3.86. The number of nitrogens with zero attached hydrogens (tertiary/aromatic N) is 1. The van der Waals surface area contributed by atoms with E-state index < -0.39 is 55.4 Å². The number of thioether (sulfide) groups is 1. The maximum absolute atomic E-state index is 13.4. The first-order valence-electron chi connectivity index (χ1n) is 5.54. The summed E-state index contributed by atoms with van der Waals surface area (Å²) in [4.78, 5) is 7.73. The predicted octanol–water partition coefficient (Wildman–Crippen LogP) is 5.69. The highest BCUT2D eigenvalue weighted by molar-refractivity contribution is 9.12. The molecule has 0 saturated heterocycles. The zero-order valence-corrected chi connectivity index (χ0v) is 14.8. The summed E-state index contributed by atoms with van der Waals surface area (Å²) >= 11 is 4.58. The van der Waals surface area contributed by atoms with Gasteiger partial charge in [0.25, 0.3) is 5.70 Å². The van der Waals surface area contributed by atoms with Crippen molar-refractivity contribution in [2.75, 3.05) is 0 Å². The van der Waals surface area contributed by atoms with Gasteiger partial charge in [0.05, 0.1) is 9.83 Å². The lowest BCUT2D eigenvalue weighted by atomic mass is 10.0. The normalized spacial score (nSPS) is 23.8. The van der Waals surface area contributed by atoms with Crippen LogP contribution < -0.4 is 0 Å². The van der Waals surface area contributed by atoms with Gasteiger partial charge >= 0.3 is 17.4 Å². The van der Waals surface area contributed by atoms with Gasteiger partial charge in [-0.05, 0) is 17.8 Å². The Morgan fingerprint density at radius 1 is 1.22 bits per heavy atom. The van der Waals surface area contributed by atoms with Crippen molar-refractivity contribution < 1.29 is 35.7 Å². The number of alkyl halides is 8. The van der Waals surface area contributed by atoms with Gasteiger partial charge < -0.3 is 0 Å². The van der Waals surface area contributed by atoms with Gasteiger partial charge in [0.1, 0.15) is 4.83 Å². The molecule has 1 rings (SSSR count). The van der Waals surface area contributed by atoms with Crippen molar-refractivity contribution in [3.8, 4) is 0 Å². The van der Waals surface area contributed by atoms with Gasteiger partial charge in [0.2, 0.25) is 0 Å². The summed E-state index contributed by atoms with van der Waals surface area (Å²) in [5.74, 6) is -6.96. The minimum Gasteiger partial charge on any atom is -0.259 e. The maximum Gasteiger partial charge on any atom is 0.460 e. The minimum absolute atomic E-state index is 0.138. The van der Waals surface area contributed by atoms with E-state index in [2.05, 4.69) is 31.9 Å². The molecule has 0 aromatic carbocycles. The van der Waals surface area contributed by atoms with Crippen LogP contribution in [0.3, 0.4) is 0 Å². The van der Waals surface area contributed by atoms with Gasteiger partial charge in [-0.1, -0.05) is 38.8 Å². The molecule has 0 N–H and O–H groups in total. The molecule has 2 atom stereocenters. The summed E-state index contributed by atoms with van der Waals surface area (Å²) in [6, 6.07) is 0. The molecule has 1 aliphatic carbocycles. The number of hydrogen-bond acceptors (Lipinski definition) is 3. The molecule has 23 heavy (non-hydrogen) atoms. The highest BCUT2D eigenvalue weighted by Crippen LogP contribution is 2.55. The van der Waals surface area contributed by atoms with E-state index in [0.29, 0.717) is 0 Å². The van der Waals surface area contributed by atoms with Gasteiger partial charge in [0.15, 0.2) is 0 Å². The molecule has 0 aromatic rings. The molecular formula is C10H6Br2F7NO2S. The Bertz CT molecular complexity index is 576. The molecule has 0 aliphatic heterocycles. The summed E-state index contributed by atoms with van der Waals surface area (Å²) in [6.45, 7) is 1.47. The predicted molar refractivity (Wildman–Crippen MR) is 76.4 cm³/mol. The van der Waals surface area contributed by atoms with Gasteiger partial charge in [-0.25, -0.2) is 0 Å². The molecule has 0 saturated carbocycles. The molecular weight excluding hydrogens is 491 g/mol. The molecule has 0 heterocycles. The van der Waals surface area contributed by atoms with Crippen molar-refractivity contribution in [2.24, 2.45) is 5.92 Å². The average Bonchev–Trinajstić information content (AvgIpc) is 2.33. The van der Waals surface area contributed by atoms with Crippen LogP contribution in [0.4, 0.5) is 30.7 Å². The van der Waals surface area contributed by atoms with Crippen LogP contribution in [-0.2, 0) is 0 Å². The van der Waals surface area contributed by atoms with E-state index in [9.17, 15) is 40.8 Å². The lowest BCUT2D eigenvalue weighted by molar-refractivity contribution is -0.427. The van der Waals surface area contributed by atoms with Gasteiger partial charge in [-0.15, -0.1) is 0 Å². The van der Waals surface area contributed by atoms with Crippen molar-refractivity contribution in [3.63, 3.8) is 0 Å². The molecule has 132 valence electrons. The molecule has 1 aliphatic rings. The topological polar surface area (TPSA) is 43.1 Å². The summed E-state index contributed by atoms with van der Waals surface area (Å²) < 4.78 is 89.3. The number of hydrogen-bond donors (Lipinski definition) is 0. The first-order valence-corrected chi connectivity index (χ1v) is 8.07. The number of rotatable bonds is 4. The second kappa shape index (κ2) is 6.54. The number of allylic oxidation sites excluding steroid dienone is 3. The average molecular weight is 497 g/mol. The van der Waals surface area contributed by atoms with Crippen molar-refractivity contribution in [1.29, 1.82) is 0 Å². The first kappa shape index (κ1) is 20.7. The molecule has 2 unspecified atom stereocenters. The van der Waals surface area contributed by atoms with E-state index in [4.69, 9.17) is 0 Å². The quantitative estimate of drug-likeness (QED) is 0.217. The third-order valence-electron chi connectivity index (χ3n) is 2.81. The highest BCUT2D eigenvalue weighted by atomic mass is 79.9. The monoisotopic (exact) mass is 495 g/mol. The van der Waals surface area contributed by atoms with Gasteiger partial charge in [0, 0.05) is 10.4 Å². The molecule has 0 aromatic heterocycles. The van der Waals surface area contributed by atoms with Crippen LogP contribution in [-0.4, -0.2) is 27.1 Å². The lowest BCUT2D eigenvalue weighted by Crippen LogP contribution is -2.50. The van der Waals surface area contributed by atoms with Gasteiger partial charge in [-0.3, -0.25) is 10.1 Å². The second-order valence-corrected chi connectivity index (χ2v) is 7.48. The van der Waals surface area contributed by atoms with E-state index in [1.165, 1.54) is 6.92 Å². The smallest absolute Gasteiger partial charge is 0.259 e.